The predicted molar refractivity (Wildman–Crippen MR) is 70.9 cm³/mol. The van der Waals surface area contributed by atoms with Gasteiger partial charge in [0.2, 0.25) is 0 Å². The van der Waals surface area contributed by atoms with Gasteiger partial charge in [-0.2, -0.15) is 0 Å². The van der Waals surface area contributed by atoms with Gasteiger partial charge in [-0.05, 0) is 25.7 Å². The molecular weight excluding hydrogens is 228 g/mol. The van der Waals surface area contributed by atoms with Crippen LogP contribution in [-0.2, 0) is 0 Å². The topological polar surface area (TPSA) is 50.2 Å². The van der Waals surface area contributed by atoms with Gasteiger partial charge in [0, 0.05) is 44.6 Å². The fraction of sp³-hybridized carbons (Fsp3) is 0.692. The van der Waals surface area contributed by atoms with E-state index in [0.717, 1.165) is 26.2 Å². The van der Waals surface area contributed by atoms with Crippen LogP contribution in [0.5, 0.6) is 0 Å². The Balaban J connectivity index is 1.89. The number of anilines is 1. The van der Waals surface area contributed by atoms with Gasteiger partial charge in [0.15, 0.2) is 5.82 Å². The summed E-state index contributed by atoms with van der Waals surface area (Å²) >= 11 is 0. The molecule has 1 aromatic rings. The van der Waals surface area contributed by atoms with Crippen LogP contribution in [-0.4, -0.2) is 35.7 Å². The first-order chi connectivity index (χ1) is 8.66. The zero-order chi connectivity index (χ0) is 12.7. The van der Waals surface area contributed by atoms with Gasteiger partial charge in [-0.1, -0.05) is 0 Å². The van der Waals surface area contributed by atoms with Crippen LogP contribution in [0, 0.1) is 11.8 Å². The molecule has 2 atom stereocenters. The molecule has 5 nitrogen and oxygen atoms in total. The highest BCUT2D eigenvalue weighted by molar-refractivity contribution is 5.38. The Labute approximate surface area is 107 Å². The van der Waals surface area contributed by atoms with Gasteiger partial charge in [-0.25, -0.2) is 4.98 Å². The molecule has 0 radical (unpaired) electrons. The van der Waals surface area contributed by atoms with Crippen LogP contribution in [0.3, 0.4) is 0 Å². The van der Waals surface area contributed by atoms with E-state index in [1.165, 1.54) is 0 Å². The van der Waals surface area contributed by atoms with Crippen molar-refractivity contribution < 1.29 is 0 Å². The minimum atomic E-state index is 0.0421. The summed E-state index contributed by atoms with van der Waals surface area (Å²) in [5.74, 6) is 1.98. The summed E-state index contributed by atoms with van der Waals surface area (Å²) in [6.07, 6.45) is 3.51. The first-order valence-electron chi connectivity index (χ1n) is 6.69. The van der Waals surface area contributed by atoms with Crippen molar-refractivity contribution in [2.45, 2.75) is 19.9 Å². The number of aromatic nitrogens is 2. The Morgan fingerprint density at radius 1 is 1.33 bits per heavy atom. The van der Waals surface area contributed by atoms with Gasteiger partial charge in [0.1, 0.15) is 0 Å². The van der Waals surface area contributed by atoms with Gasteiger partial charge in [0.25, 0.3) is 5.56 Å². The Morgan fingerprint density at radius 3 is 2.61 bits per heavy atom. The normalized spacial score (nSPS) is 26.9. The molecule has 0 aliphatic carbocycles. The van der Waals surface area contributed by atoms with Crippen molar-refractivity contribution in [1.29, 1.82) is 0 Å². The molecule has 1 N–H and O–H groups in total. The molecule has 0 amide bonds. The van der Waals surface area contributed by atoms with Crippen molar-refractivity contribution in [3.8, 4) is 0 Å². The molecule has 2 saturated heterocycles. The van der Waals surface area contributed by atoms with Crippen molar-refractivity contribution >= 4 is 5.82 Å². The zero-order valence-corrected chi connectivity index (χ0v) is 11.0. The summed E-state index contributed by atoms with van der Waals surface area (Å²) in [5, 5.41) is 3.41. The molecule has 2 aliphatic rings. The fourth-order valence-corrected chi connectivity index (χ4v) is 3.07. The van der Waals surface area contributed by atoms with E-state index in [9.17, 15) is 4.79 Å². The Kier molecular flexibility index (Phi) is 2.86. The van der Waals surface area contributed by atoms with Crippen molar-refractivity contribution in [2.75, 3.05) is 31.1 Å². The molecular formula is C13H20N4O. The van der Waals surface area contributed by atoms with Gasteiger partial charge in [-0.15, -0.1) is 0 Å². The highest BCUT2D eigenvalue weighted by Crippen LogP contribution is 2.28. The number of nitrogens with zero attached hydrogens (tertiary/aromatic N) is 3. The maximum Gasteiger partial charge on any atom is 0.293 e. The summed E-state index contributed by atoms with van der Waals surface area (Å²) < 4.78 is 1.76. The number of hydrogen-bond acceptors (Lipinski definition) is 4. The SMILES string of the molecule is CC(C)n1ccnc(N2C[C@H]3CNC[C@H]3C2)c1=O. The van der Waals surface area contributed by atoms with Crippen LogP contribution in [0.25, 0.3) is 0 Å². The summed E-state index contributed by atoms with van der Waals surface area (Å²) in [4.78, 5) is 18.8. The summed E-state index contributed by atoms with van der Waals surface area (Å²) in [6, 6.07) is 0.183. The maximum absolute atomic E-state index is 12.4. The second-order valence-electron chi connectivity index (χ2n) is 5.64. The van der Waals surface area contributed by atoms with E-state index in [4.69, 9.17) is 0 Å². The molecule has 2 aliphatic heterocycles. The van der Waals surface area contributed by atoms with Crippen LogP contribution < -0.4 is 15.8 Å². The first-order valence-corrected chi connectivity index (χ1v) is 6.69. The smallest absolute Gasteiger partial charge is 0.293 e. The average molecular weight is 248 g/mol. The van der Waals surface area contributed by atoms with Gasteiger partial charge < -0.3 is 14.8 Å². The van der Waals surface area contributed by atoms with Crippen LogP contribution in [0.15, 0.2) is 17.2 Å². The second kappa shape index (κ2) is 4.39. The highest BCUT2D eigenvalue weighted by Gasteiger charge is 2.37. The van der Waals surface area contributed by atoms with E-state index in [1.54, 1.807) is 17.0 Å². The van der Waals surface area contributed by atoms with E-state index in [1.807, 2.05) is 13.8 Å². The molecule has 0 bridgehead atoms. The van der Waals surface area contributed by atoms with Crippen LogP contribution in [0.4, 0.5) is 5.82 Å². The molecule has 98 valence electrons. The molecule has 0 saturated carbocycles. The number of rotatable bonds is 2. The molecule has 1 aromatic heterocycles. The Bertz CT molecular complexity index is 484. The number of nitrogens with one attached hydrogen (secondary N) is 1. The van der Waals surface area contributed by atoms with Crippen LogP contribution in [0.1, 0.15) is 19.9 Å². The van der Waals surface area contributed by atoms with Crippen LogP contribution in [0.2, 0.25) is 0 Å². The van der Waals surface area contributed by atoms with Gasteiger partial charge in [-0.3, -0.25) is 4.79 Å². The quantitative estimate of drug-likeness (QED) is 0.827. The van der Waals surface area contributed by atoms with E-state index in [2.05, 4.69) is 15.2 Å². The van der Waals surface area contributed by atoms with Gasteiger partial charge in [0.05, 0.1) is 0 Å². The molecule has 3 heterocycles. The molecule has 0 aromatic carbocycles. The molecule has 18 heavy (non-hydrogen) atoms. The minimum absolute atomic E-state index is 0.0421. The molecule has 5 heteroatoms. The third-order valence-corrected chi connectivity index (χ3v) is 4.10. The van der Waals surface area contributed by atoms with E-state index in [-0.39, 0.29) is 11.6 Å². The number of fused-ring (bicyclic) bond motifs is 1. The molecule has 3 rings (SSSR count). The summed E-state index contributed by atoms with van der Waals surface area (Å²) in [6.45, 7) is 8.12. The maximum atomic E-state index is 12.4. The van der Waals surface area contributed by atoms with E-state index in [0.29, 0.717) is 17.7 Å². The Hall–Kier alpha value is -1.36. The minimum Gasteiger partial charge on any atom is -0.351 e. The molecule has 0 unspecified atom stereocenters. The van der Waals surface area contributed by atoms with E-state index >= 15 is 0 Å². The highest BCUT2D eigenvalue weighted by atomic mass is 16.1. The standard InChI is InChI=1S/C13H20N4O/c1-9(2)17-4-3-15-12(13(17)18)16-7-10-5-14-6-11(10)8-16/h3-4,9-11,14H,5-8H2,1-2H3/t10-,11+. The fourth-order valence-electron chi connectivity index (χ4n) is 3.07. The lowest BCUT2D eigenvalue weighted by Crippen LogP contribution is -2.34. The first kappa shape index (κ1) is 11.7. The lowest BCUT2D eigenvalue weighted by molar-refractivity contribution is 0.533. The summed E-state index contributed by atoms with van der Waals surface area (Å²) in [5.41, 5.74) is 0.0421. The van der Waals surface area contributed by atoms with Crippen molar-refractivity contribution in [2.24, 2.45) is 11.8 Å². The van der Waals surface area contributed by atoms with Crippen molar-refractivity contribution in [3.05, 3.63) is 22.7 Å². The molecule has 2 fully saturated rings. The van der Waals surface area contributed by atoms with Crippen molar-refractivity contribution in [1.82, 2.24) is 14.9 Å². The molecule has 0 spiro atoms. The monoisotopic (exact) mass is 248 g/mol. The largest absolute Gasteiger partial charge is 0.351 e. The number of hydrogen-bond donors (Lipinski definition) is 1. The van der Waals surface area contributed by atoms with E-state index < -0.39 is 0 Å². The lowest BCUT2D eigenvalue weighted by atomic mass is 10.0. The second-order valence-corrected chi connectivity index (χ2v) is 5.64. The average Bonchev–Trinajstić information content (AvgIpc) is 2.89. The van der Waals surface area contributed by atoms with Gasteiger partial charge >= 0.3 is 0 Å². The Morgan fingerprint density at radius 2 is 2.00 bits per heavy atom. The van der Waals surface area contributed by atoms with Crippen LogP contribution >= 0.6 is 0 Å². The summed E-state index contributed by atoms with van der Waals surface area (Å²) in [7, 11) is 0. The third kappa shape index (κ3) is 1.82. The predicted octanol–water partition coefficient (Wildman–Crippen LogP) is 0.480. The third-order valence-electron chi connectivity index (χ3n) is 4.10. The zero-order valence-electron chi connectivity index (χ0n) is 11.0. The van der Waals surface area contributed by atoms with Crippen molar-refractivity contribution in [3.63, 3.8) is 0 Å². The lowest BCUT2D eigenvalue weighted by Gasteiger charge is -2.19.